The van der Waals surface area contributed by atoms with Gasteiger partial charge in [0.05, 0.1) is 11.4 Å². The number of carbonyl (C=O) groups excluding carboxylic acids is 1. The third kappa shape index (κ3) is 6.50. The van der Waals surface area contributed by atoms with Crippen LogP contribution in [-0.4, -0.2) is 40.2 Å². The molecule has 0 atom stereocenters. The molecule has 2 aromatic rings. The predicted octanol–water partition coefficient (Wildman–Crippen LogP) is 5.34. The molecule has 0 unspecified atom stereocenters. The molecule has 35 heavy (non-hydrogen) atoms. The molecule has 2 amide bonds. The average Bonchev–Trinajstić information content (AvgIpc) is 3.26. The number of pyridine rings is 1. The van der Waals surface area contributed by atoms with E-state index in [1.807, 2.05) is 37.9 Å². The highest BCUT2D eigenvalue weighted by molar-refractivity contribution is 6.03. The van der Waals surface area contributed by atoms with E-state index in [-0.39, 0.29) is 6.03 Å². The summed E-state index contributed by atoms with van der Waals surface area (Å²) in [5, 5.41) is 3.05. The Bertz CT molecular complexity index is 1120. The van der Waals surface area contributed by atoms with Gasteiger partial charge >= 0.3 is 6.03 Å². The van der Waals surface area contributed by atoms with Crippen LogP contribution in [0.15, 0.2) is 35.2 Å². The van der Waals surface area contributed by atoms with Crippen molar-refractivity contribution < 1.29 is 4.79 Å². The lowest BCUT2D eigenvalue weighted by molar-refractivity contribution is 0.257. The first-order valence-corrected chi connectivity index (χ1v) is 13.0. The van der Waals surface area contributed by atoms with Crippen LogP contribution in [0.4, 0.5) is 22.0 Å². The third-order valence-corrected chi connectivity index (χ3v) is 6.27. The maximum atomic E-state index is 13.3. The van der Waals surface area contributed by atoms with Gasteiger partial charge in [-0.1, -0.05) is 39.7 Å². The number of aryl methyl sites for hydroxylation is 2. The van der Waals surface area contributed by atoms with E-state index in [0.717, 1.165) is 49.6 Å². The molecule has 0 aliphatic carbocycles. The van der Waals surface area contributed by atoms with E-state index in [2.05, 4.69) is 58.1 Å². The van der Waals surface area contributed by atoms with Gasteiger partial charge in [-0.3, -0.25) is 4.90 Å². The summed E-state index contributed by atoms with van der Waals surface area (Å²) in [6.45, 7) is 13.0. The Kier molecular flexibility index (Phi) is 9.46. The van der Waals surface area contributed by atoms with E-state index in [9.17, 15) is 4.79 Å². The molecule has 1 N–H and O–H groups in total. The quantitative estimate of drug-likeness (QED) is 0.467. The Labute approximate surface area is 209 Å². The number of nitrogens with zero attached hydrogens (tertiary/aromatic N) is 6. The van der Waals surface area contributed by atoms with Gasteiger partial charge in [-0.05, 0) is 45.6 Å². The van der Waals surface area contributed by atoms with Gasteiger partial charge in [-0.25, -0.2) is 19.8 Å². The Balaban J connectivity index is 1.82. The molecule has 1 aliphatic heterocycles. The summed E-state index contributed by atoms with van der Waals surface area (Å²) in [6, 6.07) is 1.92. The van der Waals surface area contributed by atoms with E-state index >= 15 is 0 Å². The minimum absolute atomic E-state index is 0.182. The molecule has 0 fully saturated rings. The molecule has 0 saturated carbocycles. The summed E-state index contributed by atoms with van der Waals surface area (Å²) in [6.07, 6.45) is 12.2. The molecule has 190 valence electrons. The summed E-state index contributed by atoms with van der Waals surface area (Å²) in [5.41, 5.74) is 5.32. The summed E-state index contributed by atoms with van der Waals surface area (Å²) in [7, 11) is 1.89. The Morgan fingerprint density at radius 2 is 2.03 bits per heavy atom. The smallest absolute Gasteiger partial charge is 0.327 e. The van der Waals surface area contributed by atoms with Crippen molar-refractivity contribution in [3.63, 3.8) is 0 Å². The first-order valence-electron chi connectivity index (χ1n) is 13.0. The maximum absolute atomic E-state index is 13.3. The molecule has 0 saturated heterocycles. The molecule has 8 nitrogen and oxygen atoms in total. The summed E-state index contributed by atoms with van der Waals surface area (Å²) >= 11 is 0. The Morgan fingerprint density at radius 3 is 2.74 bits per heavy atom. The molecule has 0 bridgehead atoms. The van der Waals surface area contributed by atoms with Crippen molar-refractivity contribution in [2.24, 2.45) is 12.0 Å². The van der Waals surface area contributed by atoms with Crippen LogP contribution >= 0.6 is 0 Å². The number of amides is 2. The van der Waals surface area contributed by atoms with E-state index in [1.54, 1.807) is 4.90 Å². The van der Waals surface area contributed by atoms with E-state index in [1.165, 1.54) is 30.5 Å². The number of anilines is 3. The zero-order valence-electron chi connectivity index (χ0n) is 22.3. The molecule has 2 aromatic heterocycles. The first kappa shape index (κ1) is 26.4. The number of aromatic nitrogens is 3. The monoisotopic (exact) mass is 479 g/mol. The van der Waals surface area contributed by atoms with Gasteiger partial charge < -0.3 is 14.8 Å². The second-order valence-electron chi connectivity index (χ2n) is 9.17. The number of unbranched alkanes of at least 4 members (excludes halogenated alkanes) is 2. The number of hydrogen-bond donors (Lipinski definition) is 1. The van der Waals surface area contributed by atoms with Crippen molar-refractivity contribution in [3.05, 3.63) is 47.1 Å². The number of fused-ring (bicyclic) bond motifs is 1. The van der Waals surface area contributed by atoms with Crippen LogP contribution in [0.2, 0.25) is 0 Å². The van der Waals surface area contributed by atoms with Crippen molar-refractivity contribution in [2.75, 3.05) is 34.8 Å². The lowest BCUT2D eigenvalue weighted by Crippen LogP contribution is -2.35. The fourth-order valence-electron chi connectivity index (χ4n) is 4.48. The summed E-state index contributed by atoms with van der Waals surface area (Å²) in [5.74, 6) is 0.763. The van der Waals surface area contributed by atoms with Crippen LogP contribution in [0, 0.1) is 6.92 Å². The van der Waals surface area contributed by atoms with Crippen molar-refractivity contribution >= 4 is 23.2 Å². The fourth-order valence-corrected chi connectivity index (χ4v) is 4.48. The number of hydrogen-bond acceptors (Lipinski definition) is 5. The second-order valence-corrected chi connectivity index (χ2v) is 9.17. The summed E-state index contributed by atoms with van der Waals surface area (Å²) < 4.78 is 1.84. The van der Waals surface area contributed by atoms with Crippen molar-refractivity contribution in [1.29, 1.82) is 0 Å². The van der Waals surface area contributed by atoms with Crippen LogP contribution in [0.3, 0.4) is 0 Å². The van der Waals surface area contributed by atoms with Gasteiger partial charge in [0, 0.05) is 56.0 Å². The number of carbonyl (C=O) groups is 1. The highest BCUT2D eigenvalue weighted by Gasteiger charge is 2.29. The lowest BCUT2D eigenvalue weighted by atomic mass is 10.1. The average molecular weight is 480 g/mol. The van der Waals surface area contributed by atoms with Gasteiger partial charge in [0.1, 0.15) is 5.82 Å². The Morgan fingerprint density at radius 1 is 1.23 bits per heavy atom. The zero-order chi connectivity index (χ0) is 25.4. The molecular weight excluding hydrogens is 438 g/mol. The largest absolute Gasteiger partial charge is 0.371 e. The molecule has 0 aromatic carbocycles. The fraction of sp³-hybridized carbons (Fsp3) is 0.556. The van der Waals surface area contributed by atoms with Crippen LogP contribution in [0.25, 0.3) is 0 Å². The number of rotatable bonds is 10. The van der Waals surface area contributed by atoms with Gasteiger partial charge in [-0.2, -0.15) is 0 Å². The minimum Gasteiger partial charge on any atom is -0.371 e. The van der Waals surface area contributed by atoms with Gasteiger partial charge in [0.15, 0.2) is 0 Å². The van der Waals surface area contributed by atoms with Gasteiger partial charge in [-0.15, -0.1) is 0 Å². The molecule has 0 spiro atoms. The third-order valence-electron chi connectivity index (χ3n) is 6.27. The predicted molar refractivity (Wildman–Crippen MR) is 144 cm³/mol. The Hall–Kier alpha value is -3.16. The minimum atomic E-state index is -0.182. The zero-order valence-corrected chi connectivity index (χ0v) is 22.3. The SMILES string of the molecule is CC/C=C(/C)N=c1nc(C)c(NC(=O)N2CCc3c(N(CCC)CCCCC)ccnc32)cn1C. The van der Waals surface area contributed by atoms with Crippen LogP contribution in [0.1, 0.15) is 71.1 Å². The maximum Gasteiger partial charge on any atom is 0.327 e. The number of allylic oxidation sites excluding steroid dienone is 2. The van der Waals surface area contributed by atoms with Crippen molar-refractivity contribution in [1.82, 2.24) is 14.5 Å². The topological polar surface area (TPSA) is 78.7 Å². The normalized spacial score (nSPS) is 13.8. The molecule has 3 heterocycles. The second kappa shape index (κ2) is 12.5. The number of urea groups is 1. The highest BCUT2D eigenvalue weighted by atomic mass is 16.2. The number of nitrogens with one attached hydrogen (secondary N) is 1. The lowest BCUT2D eigenvalue weighted by Gasteiger charge is -2.26. The molecule has 1 aliphatic rings. The molecule has 3 rings (SSSR count). The highest BCUT2D eigenvalue weighted by Crippen LogP contribution is 2.34. The van der Waals surface area contributed by atoms with Crippen molar-refractivity contribution in [3.8, 4) is 0 Å². The first-order chi connectivity index (χ1) is 16.9. The van der Waals surface area contributed by atoms with Crippen LogP contribution < -0.4 is 20.7 Å². The van der Waals surface area contributed by atoms with Crippen molar-refractivity contribution in [2.45, 2.75) is 73.1 Å². The van der Waals surface area contributed by atoms with E-state index in [0.29, 0.717) is 17.9 Å². The van der Waals surface area contributed by atoms with Gasteiger partial charge in [0.25, 0.3) is 0 Å². The van der Waals surface area contributed by atoms with Crippen LogP contribution in [-0.2, 0) is 13.5 Å². The summed E-state index contributed by atoms with van der Waals surface area (Å²) in [4.78, 5) is 31.3. The molecule has 0 radical (unpaired) electrons. The van der Waals surface area contributed by atoms with Gasteiger partial charge in [0.2, 0.25) is 5.62 Å². The molecular formula is C27H41N7O. The van der Waals surface area contributed by atoms with E-state index in [4.69, 9.17) is 0 Å². The van der Waals surface area contributed by atoms with E-state index < -0.39 is 0 Å². The molecule has 8 heteroatoms. The standard InChI is InChI=1S/C27H41N7O/c1-7-10-11-17-33(16-9-3)24-13-15-28-25-22(24)14-18-34(25)27(35)31-23-19-32(6)26(30-21(23)5)29-20(4)12-8-2/h12-13,15,19H,7-11,14,16-18H2,1-6H3,(H,31,35)/b20-12-,29-26?. The van der Waals surface area contributed by atoms with Crippen LogP contribution in [0.5, 0.6) is 0 Å².